The number of oxime groups is 1. The second kappa shape index (κ2) is 7.37. The maximum Gasteiger partial charge on any atom is 1.00 e. The van der Waals surface area contributed by atoms with E-state index in [1.807, 2.05) is 21.4 Å². The van der Waals surface area contributed by atoms with Crippen LogP contribution in [0.25, 0.3) is 22.4 Å². The Morgan fingerprint density at radius 1 is 1.36 bits per heavy atom. The fourth-order valence-corrected chi connectivity index (χ4v) is 3.82. The molecule has 1 aromatic carbocycles. The average molecular weight is 422 g/mol. The molecule has 3 heterocycles. The minimum atomic E-state index is -4.89. The van der Waals surface area contributed by atoms with Gasteiger partial charge in [-0.05, 0) is 23.6 Å². The molecule has 0 saturated heterocycles. The second-order valence-corrected chi connectivity index (χ2v) is 7.31. The molecule has 0 fully saturated rings. The van der Waals surface area contributed by atoms with Gasteiger partial charge in [0, 0.05) is 29.5 Å². The molecule has 4 rings (SSSR count). The van der Waals surface area contributed by atoms with Crippen molar-refractivity contribution in [1.29, 1.82) is 0 Å². The molecule has 3 aromatic rings. The monoisotopic (exact) mass is 421 g/mol. The summed E-state index contributed by atoms with van der Waals surface area (Å²) in [6, 6.07) is 5.36. The summed E-state index contributed by atoms with van der Waals surface area (Å²) in [5.41, 5.74) is 3.36. The number of benzene rings is 1. The van der Waals surface area contributed by atoms with Crippen molar-refractivity contribution in [2.75, 3.05) is 0 Å². The first-order valence-electron chi connectivity index (χ1n) is 6.87. The molecule has 124 valence electrons. The topological polar surface area (TPSA) is 96.6 Å². The number of hydrogen-bond acceptors (Lipinski definition) is 7. The van der Waals surface area contributed by atoms with E-state index >= 15 is 0 Å². The van der Waals surface area contributed by atoms with Gasteiger partial charge in [0.05, 0.1) is 16.3 Å². The largest absolute Gasteiger partial charge is 1.00 e. The summed E-state index contributed by atoms with van der Waals surface area (Å²) in [5.74, 6) is 0.789. The zero-order valence-corrected chi connectivity index (χ0v) is 18.5. The van der Waals surface area contributed by atoms with E-state index in [1.54, 1.807) is 23.5 Å². The van der Waals surface area contributed by atoms with Gasteiger partial charge in [-0.25, -0.2) is 4.98 Å². The average Bonchev–Trinajstić information content (AvgIpc) is 3.16. The molecule has 2 aromatic heterocycles. The zero-order valence-electron chi connectivity index (χ0n) is 13.0. The molecule has 25 heavy (non-hydrogen) atoms. The van der Waals surface area contributed by atoms with Gasteiger partial charge in [0.15, 0.2) is 0 Å². The van der Waals surface area contributed by atoms with Crippen LogP contribution in [0, 0.1) is 0 Å². The Morgan fingerprint density at radius 2 is 2.16 bits per heavy atom. The number of aromatic nitrogens is 2. The molecule has 11 heteroatoms. The van der Waals surface area contributed by atoms with Gasteiger partial charge in [-0.2, -0.15) is 19.8 Å². The molecule has 0 amide bonds. The van der Waals surface area contributed by atoms with E-state index in [0.29, 0.717) is 34.8 Å². The third-order valence-corrected chi connectivity index (χ3v) is 4.99. The van der Waals surface area contributed by atoms with E-state index < -0.39 is 10.4 Å². The van der Waals surface area contributed by atoms with Gasteiger partial charge in [-0.1, -0.05) is 16.8 Å². The molecule has 1 aliphatic rings. The predicted molar refractivity (Wildman–Crippen MR) is 90.0 cm³/mol. The van der Waals surface area contributed by atoms with Gasteiger partial charge in [-0.15, -0.1) is 0 Å². The standard InChI is InChI=1S/C14H10ClN3O4S2.K/c15-10-2-1-9-11(17-22-24(19,20)21)3-5-18-13(9)12(10)16-14(18)8-4-6-23-7-8;/h1-2,4,6-7H,3,5H2,(H,19,20,21);/q;+1/p-1/b17-11+;. The minimum Gasteiger partial charge on any atom is -0.714 e. The molecular weight excluding hydrogens is 413 g/mol. The van der Waals surface area contributed by atoms with Crippen LogP contribution >= 0.6 is 22.9 Å². The van der Waals surface area contributed by atoms with Crippen LogP contribution in [-0.4, -0.2) is 28.2 Å². The fraction of sp³-hybridized carbons (Fsp3) is 0.143. The van der Waals surface area contributed by atoms with Crippen LogP contribution in [0.5, 0.6) is 0 Å². The van der Waals surface area contributed by atoms with Crippen molar-refractivity contribution < 1.29 is 68.6 Å². The van der Waals surface area contributed by atoms with E-state index in [1.165, 1.54) is 0 Å². The number of halogens is 1. The van der Waals surface area contributed by atoms with Gasteiger partial charge in [0.1, 0.15) is 11.3 Å². The first-order valence-corrected chi connectivity index (χ1v) is 9.52. The van der Waals surface area contributed by atoms with Gasteiger partial charge >= 0.3 is 51.4 Å². The van der Waals surface area contributed by atoms with E-state index in [2.05, 4.69) is 14.4 Å². The molecule has 0 unspecified atom stereocenters. The number of thiophene rings is 1. The quantitative estimate of drug-likeness (QED) is 0.257. The van der Waals surface area contributed by atoms with Crippen molar-refractivity contribution in [3.63, 3.8) is 0 Å². The van der Waals surface area contributed by atoms with Crippen LogP contribution in [-0.2, 0) is 21.2 Å². The van der Waals surface area contributed by atoms with Crippen LogP contribution in [0.3, 0.4) is 0 Å². The van der Waals surface area contributed by atoms with Crippen molar-refractivity contribution in [1.82, 2.24) is 9.55 Å². The van der Waals surface area contributed by atoms with Gasteiger partial charge in [0.2, 0.25) is 0 Å². The van der Waals surface area contributed by atoms with E-state index in [-0.39, 0.29) is 51.4 Å². The summed E-state index contributed by atoms with van der Waals surface area (Å²) < 4.78 is 38.0. The van der Waals surface area contributed by atoms with Crippen LogP contribution in [0.4, 0.5) is 0 Å². The first-order chi connectivity index (χ1) is 11.4. The minimum absolute atomic E-state index is 0. The Labute approximate surface area is 195 Å². The molecule has 0 N–H and O–H groups in total. The van der Waals surface area contributed by atoms with E-state index in [9.17, 15) is 13.0 Å². The summed E-state index contributed by atoms with van der Waals surface area (Å²) in [5, 5.41) is 7.96. The molecule has 7 nitrogen and oxygen atoms in total. The van der Waals surface area contributed by atoms with Crippen LogP contribution < -0.4 is 51.4 Å². The van der Waals surface area contributed by atoms with Crippen molar-refractivity contribution in [2.24, 2.45) is 5.16 Å². The van der Waals surface area contributed by atoms with Crippen molar-refractivity contribution >= 4 is 50.1 Å². The van der Waals surface area contributed by atoms with Crippen molar-refractivity contribution in [3.05, 3.63) is 39.5 Å². The van der Waals surface area contributed by atoms with Gasteiger partial charge in [0.25, 0.3) is 10.4 Å². The fourth-order valence-electron chi connectivity index (χ4n) is 2.81. The Kier molecular flexibility index (Phi) is 5.74. The third kappa shape index (κ3) is 3.73. The third-order valence-electron chi connectivity index (χ3n) is 3.75. The summed E-state index contributed by atoms with van der Waals surface area (Å²) in [4.78, 5) is 4.63. The van der Waals surface area contributed by atoms with E-state index in [0.717, 1.165) is 16.9 Å². The normalized spacial score (nSPS) is 15.4. The van der Waals surface area contributed by atoms with E-state index in [4.69, 9.17) is 11.6 Å². The molecule has 0 radical (unpaired) electrons. The van der Waals surface area contributed by atoms with Crippen molar-refractivity contribution in [2.45, 2.75) is 13.0 Å². The SMILES string of the molecule is O=S(=O)([O-])O/N=C1\CCn2c(-c3ccsc3)nc3c(Cl)ccc1c32.[K+]. The maximum absolute atomic E-state index is 10.7. The predicted octanol–water partition coefficient (Wildman–Crippen LogP) is 0.00680. The molecule has 0 atom stereocenters. The molecule has 0 spiro atoms. The summed E-state index contributed by atoms with van der Waals surface area (Å²) in [6.45, 7) is 0.524. The Morgan fingerprint density at radius 3 is 2.84 bits per heavy atom. The number of nitrogens with zero attached hydrogens (tertiary/aromatic N) is 3. The second-order valence-electron chi connectivity index (χ2n) is 5.16. The molecule has 0 aliphatic carbocycles. The molecular formula is C14H9ClKN3O4S2. The Bertz CT molecular complexity index is 1080. The summed E-state index contributed by atoms with van der Waals surface area (Å²) in [7, 11) is -4.89. The van der Waals surface area contributed by atoms with Gasteiger partial charge < -0.3 is 9.12 Å². The number of aryl methyl sites for hydroxylation is 1. The van der Waals surface area contributed by atoms with Crippen LogP contribution in [0.1, 0.15) is 12.0 Å². The van der Waals surface area contributed by atoms with Gasteiger partial charge in [-0.3, -0.25) is 4.28 Å². The Hall–Kier alpha value is -0.304. The summed E-state index contributed by atoms with van der Waals surface area (Å²) in [6.07, 6.45) is 0.409. The number of imidazole rings is 1. The van der Waals surface area contributed by atoms with Crippen molar-refractivity contribution in [3.8, 4) is 11.4 Å². The molecule has 0 bridgehead atoms. The number of hydrogen-bond donors (Lipinski definition) is 0. The first kappa shape index (κ1) is 19.5. The van der Waals surface area contributed by atoms with Crippen LogP contribution in [0.2, 0.25) is 5.02 Å². The molecule has 0 saturated carbocycles. The smallest absolute Gasteiger partial charge is 0.714 e. The summed E-state index contributed by atoms with van der Waals surface area (Å²) >= 11 is 7.83. The zero-order chi connectivity index (χ0) is 16.9. The Balaban J connectivity index is 0.00000182. The maximum atomic E-state index is 10.7. The number of rotatable bonds is 3. The van der Waals surface area contributed by atoms with Crippen LogP contribution in [0.15, 0.2) is 34.1 Å². The molecule has 1 aliphatic heterocycles.